The average molecular weight is 404 g/mol. The molecule has 0 aliphatic carbocycles. The van der Waals surface area contributed by atoms with E-state index < -0.39 is 10.0 Å². The number of fused-ring (bicyclic) bond motifs is 1. The largest absolute Gasteiger partial charge is 0.486 e. The number of rotatable bonds is 7. The van der Waals surface area contributed by atoms with Crippen molar-refractivity contribution in [1.82, 2.24) is 0 Å². The van der Waals surface area contributed by atoms with Crippen LogP contribution in [0.3, 0.4) is 0 Å². The molecule has 1 heterocycles. The van der Waals surface area contributed by atoms with E-state index in [0.717, 1.165) is 5.56 Å². The molecule has 0 saturated heterocycles. The van der Waals surface area contributed by atoms with Crippen molar-refractivity contribution in [1.29, 1.82) is 0 Å². The first-order valence-corrected chi connectivity index (χ1v) is 10.9. The first-order chi connectivity index (χ1) is 13.3. The van der Waals surface area contributed by atoms with Gasteiger partial charge in [0.05, 0.1) is 11.9 Å². The Bertz CT molecular complexity index is 959. The van der Waals surface area contributed by atoms with E-state index in [1.807, 2.05) is 19.1 Å². The molecule has 0 radical (unpaired) electrons. The Labute approximate surface area is 165 Å². The minimum absolute atomic E-state index is 0.185. The topological polar surface area (TPSA) is 84.9 Å². The zero-order valence-electron chi connectivity index (χ0n) is 16.0. The molecule has 0 bridgehead atoms. The number of benzene rings is 2. The summed E-state index contributed by atoms with van der Waals surface area (Å²) in [5, 5.41) is 2.81. The fourth-order valence-corrected chi connectivity index (χ4v) is 4.06. The number of hydrogen-bond acceptors (Lipinski definition) is 5. The van der Waals surface area contributed by atoms with Crippen molar-refractivity contribution in [2.75, 3.05) is 35.6 Å². The van der Waals surface area contributed by atoms with Gasteiger partial charge in [-0.15, -0.1) is 0 Å². The maximum absolute atomic E-state index is 12.3. The molecule has 1 N–H and O–H groups in total. The zero-order valence-corrected chi connectivity index (χ0v) is 16.8. The Morgan fingerprint density at radius 2 is 1.82 bits per heavy atom. The third-order valence-corrected chi connectivity index (χ3v) is 5.56. The highest BCUT2D eigenvalue weighted by molar-refractivity contribution is 7.92. The van der Waals surface area contributed by atoms with Crippen LogP contribution in [-0.2, 0) is 14.8 Å². The first-order valence-electron chi connectivity index (χ1n) is 9.07. The lowest BCUT2D eigenvalue weighted by Gasteiger charge is -2.24. The van der Waals surface area contributed by atoms with Crippen molar-refractivity contribution in [3.05, 3.63) is 48.0 Å². The Morgan fingerprint density at radius 1 is 1.11 bits per heavy atom. The number of sulfonamides is 1. The SMILES string of the molecule is Cc1ccccc1N(CCCC(=O)Nc1ccc2c(c1)OCCO2)S(C)(=O)=O. The van der Waals surface area contributed by atoms with E-state index in [-0.39, 0.29) is 18.9 Å². The summed E-state index contributed by atoms with van der Waals surface area (Å²) < 4.78 is 36.7. The molecule has 0 aromatic heterocycles. The molecule has 0 unspecified atom stereocenters. The number of carbonyl (C=O) groups is 1. The van der Waals surface area contributed by atoms with Crippen LogP contribution in [0.4, 0.5) is 11.4 Å². The van der Waals surface area contributed by atoms with E-state index in [1.54, 1.807) is 30.3 Å². The van der Waals surface area contributed by atoms with Gasteiger partial charge < -0.3 is 14.8 Å². The Hall–Kier alpha value is -2.74. The fraction of sp³-hybridized carbons (Fsp3) is 0.350. The summed E-state index contributed by atoms with van der Waals surface area (Å²) in [4.78, 5) is 12.3. The summed E-state index contributed by atoms with van der Waals surface area (Å²) in [7, 11) is -3.44. The van der Waals surface area contributed by atoms with Crippen molar-refractivity contribution < 1.29 is 22.7 Å². The van der Waals surface area contributed by atoms with E-state index >= 15 is 0 Å². The molecule has 3 rings (SSSR count). The lowest BCUT2D eigenvalue weighted by atomic mass is 10.2. The standard InChI is InChI=1S/C20H24N2O5S/c1-15-6-3-4-7-17(15)22(28(2,24)25)11-5-8-20(23)21-16-9-10-18-19(14-16)27-13-12-26-18/h3-4,6-7,9-10,14H,5,8,11-13H2,1-2H3,(H,21,23). The van der Waals surface area contributed by atoms with Crippen LogP contribution in [0.5, 0.6) is 11.5 Å². The fourth-order valence-electron chi connectivity index (χ4n) is 3.04. The van der Waals surface area contributed by atoms with E-state index in [9.17, 15) is 13.2 Å². The second kappa shape index (κ2) is 8.52. The molecule has 2 aromatic rings. The number of aryl methyl sites for hydroxylation is 1. The molecule has 0 atom stereocenters. The minimum Gasteiger partial charge on any atom is -0.486 e. The molecule has 0 fully saturated rings. The summed E-state index contributed by atoms with van der Waals surface area (Å²) in [6.45, 7) is 3.08. The van der Waals surface area contributed by atoms with Crippen LogP contribution >= 0.6 is 0 Å². The Balaban J connectivity index is 1.58. The van der Waals surface area contributed by atoms with Gasteiger partial charge in [-0.3, -0.25) is 9.10 Å². The van der Waals surface area contributed by atoms with E-state index in [1.165, 1.54) is 10.6 Å². The molecule has 150 valence electrons. The Kier molecular flexibility index (Phi) is 6.08. The summed E-state index contributed by atoms with van der Waals surface area (Å²) in [6, 6.07) is 12.5. The van der Waals surface area contributed by atoms with Crippen molar-refractivity contribution in [2.45, 2.75) is 19.8 Å². The van der Waals surface area contributed by atoms with Crippen LogP contribution in [0.1, 0.15) is 18.4 Å². The van der Waals surface area contributed by atoms with Crippen LogP contribution < -0.4 is 19.1 Å². The van der Waals surface area contributed by atoms with Crippen LogP contribution in [-0.4, -0.2) is 40.3 Å². The second-order valence-corrected chi connectivity index (χ2v) is 8.54. The monoisotopic (exact) mass is 404 g/mol. The van der Waals surface area contributed by atoms with Gasteiger partial charge in [-0.2, -0.15) is 0 Å². The number of carbonyl (C=O) groups excluding carboxylic acids is 1. The normalized spacial score (nSPS) is 13.1. The second-order valence-electron chi connectivity index (χ2n) is 6.63. The molecule has 1 amide bonds. The molecule has 28 heavy (non-hydrogen) atoms. The number of nitrogens with zero attached hydrogens (tertiary/aromatic N) is 1. The molecule has 7 nitrogen and oxygen atoms in total. The summed E-state index contributed by atoms with van der Waals surface area (Å²) in [5.41, 5.74) is 2.12. The van der Waals surface area contributed by atoms with Crippen LogP contribution in [0, 0.1) is 6.92 Å². The third-order valence-electron chi connectivity index (χ3n) is 4.38. The average Bonchev–Trinajstić information content (AvgIpc) is 2.65. The smallest absolute Gasteiger partial charge is 0.232 e. The van der Waals surface area contributed by atoms with Crippen molar-refractivity contribution in [2.24, 2.45) is 0 Å². The van der Waals surface area contributed by atoms with Gasteiger partial charge in [0, 0.05) is 24.7 Å². The summed E-state index contributed by atoms with van der Waals surface area (Å²) in [5.74, 6) is 1.08. The van der Waals surface area contributed by atoms with Crippen LogP contribution in [0.15, 0.2) is 42.5 Å². The van der Waals surface area contributed by atoms with E-state index in [0.29, 0.717) is 42.5 Å². The zero-order chi connectivity index (χ0) is 20.1. The molecular weight excluding hydrogens is 380 g/mol. The molecule has 2 aromatic carbocycles. The molecule has 1 aliphatic rings. The molecular formula is C20H24N2O5S. The number of para-hydroxylation sites is 1. The number of hydrogen-bond donors (Lipinski definition) is 1. The lowest BCUT2D eigenvalue weighted by molar-refractivity contribution is -0.116. The quantitative estimate of drug-likeness (QED) is 0.767. The van der Waals surface area contributed by atoms with Crippen molar-refractivity contribution in [3.8, 4) is 11.5 Å². The molecule has 1 aliphatic heterocycles. The predicted molar refractivity (Wildman–Crippen MR) is 109 cm³/mol. The maximum Gasteiger partial charge on any atom is 0.232 e. The predicted octanol–water partition coefficient (Wildman–Crippen LogP) is 2.95. The van der Waals surface area contributed by atoms with Gasteiger partial charge >= 0.3 is 0 Å². The highest BCUT2D eigenvalue weighted by atomic mass is 32.2. The molecule has 0 spiro atoms. The maximum atomic E-state index is 12.3. The van der Waals surface area contributed by atoms with Crippen molar-refractivity contribution in [3.63, 3.8) is 0 Å². The van der Waals surface area contributed by atoms with Crippen LogP contribution in [0.25, 0.3) is 0 Å². The Morgan fingerprint density at radius 3 is 2.54 bits per heavy atom. The number of amides is 1. The van der Waals surface area contributed by atoms with Gasteiger partial charge in [-0.25, -0.2) is 8.42 Å². The van der Waals surface area contributed by atoms with Gasteiger partial charge in [0.25, 0.3) is 0 Å². The van der Waals surface area contributed by atoms with Crippen LogP contribution in [0.2, 0.25) is 0 Å². The molecule has 0 saturated carbocycles. The highest BCUT2D eigenvalue weighted by Gasteiger charge is 2.19. The number of ether oxygens (including phenoxy) is 2. The number of anilines is 2. The van der Waals surface area contributed by atoms with Gasteiger partial charge in [0.1, 0.15) is 13.2 Å². The van der Waals surface area contributed by atoms with E-state index in [2.05, 4.69) is 5.32 Å². The number of nitrogens with one attached hydrogen (secondary N) is 1. The first kappa shape index (κ1) is 20.0. The van der Waals surface area contributed by atoms with Gasteiger partial charge in [-0.1, -0.05) is 18.2 Å². The summed E-state index contributed by atoms with van der Waals surface area (Å²) in [6.07, 6.45) is 1.78. The van der Waals surface area contributed by atoms with Gasteiger partial charge in [-0.05, 0) is 37.1 Å². The van der Waals surface area contributed by atoms with Crippen molar-refractivity contribution >= 4 is 27.3 Å². The van der Waals surface area contributed by atoms with Gasteiger partial charge in [0.2, 0.25) is 15.9 Å². The summed E-state index contributed by atoms with van der Waals surface area (Å²) >= 11 is 0. The lowest BCUT2D eigenvalue weighted by Crippen LogP contribution is -2.32. The van der Waals surface area contributed by atoms with E-state index in [4.69, 9.17) is 9.47 Å². The van der Waals surface area contributed by atoms with Gasteiger partial charge in [0.15, 0.2) is 11.5 Å². The third kappa shape index (κ3) is 4.95. The minimum atomic E-state index is -3.44. The highest BCUT2D eigenvalue weighted by Crippen LogP contribution is 2.32. The molecule has 8 heteroatoms.